The Morgan fingerprint density at radius 1 is 1.17 bits per heavy atom. The van der Waals surface area contributed by atoms with E-state index in [1.165, 1.54) is 17.5 Å². The van der Waals surface area contributed by atoms with Gasteiger partial charge < -0.3 is 10.3 Å². The molecule has 0 atom stereocenters. The lowest BCUT2D eigenvalue weighted by atomic mass is 10.1. The van der Waals surface area contributed by atoms with E-state index in [2.05, 4.69) is 35.8 Å². The minimum Gasteiger partial charge on any atom is -0.339 e. The highest BCUT2D eigenvalue weighted by Gasteiger charge is 2.20. The molecule has 1 amide bonds. The third-order valence-electron chi connectivity index (χ3n) is 4.47. The summed E-state index contributed by atoms with van der Waals surface area (Å²) in [6, 6.07) is 12.4. The summed E-state index contributed by atoms with van der Waals surface area (Å²) in [6.45, 7) is 1.38. The molecule has 10 heteroatoms. The molecule has 5 rings (SSSR count). The number of aromatic nitrogens is 7. The first kappa shape index (κ1) is 16.8. The lowest BCUT2D eigenvalue weighted by molar-refractivity contribution is -0.114. The molecule has 0 aliphatic rings. The largest absolute Gasteiger partial charge is 0.339 e. The molecule has 142 valence electrons. The van der Waals surface area contributed by atoms with Gasteiger partial charge in [0.25, 0.3) is 5.56 Å². The molecule has 0 saturated carbocycles. The van der Waals surface area contributed by atoms with Gasteiger partial charge in [0, 0.05) is 24.8 Å². The van der Waals surface area contributed by atoms with E-state index in [0.29, 0.717) is 28.1 Å². The Hall–Kier alpha value is -4.34. The number of pyridine rings is 1. The van der Waals surface area contributed by atoms with Crippen molar-refractivity contribution in [1.82, 2.24) is 35.0 Å². The summed E-state index contributed by atoms with van der Waals surface area (Å²) < 4.78 is 1.22. The van der Waals surface area contributed by atoms with Gasteiger partial charge in [0.2, 0.25) is 5.91 Å². The monoisotopic (exact) mass is 386 g/mol. The number of hydrogen-bond acceptors (Lipinski definition) is 6. The van der Waals surface area contributed by atoms with Gasteiger partial charge in [-0.25, -0.2) is 0 Å². The molecule has 4 aromatic heterocycles. The molecule has 5 aromatic rings. The lowest BCUT2D eigenvalue weighted by Gasteiger charge is -2.05. The molecule has 0 aliphatic heterocycles. The summed E-state index contributed by atoms with van der Waals surface area (Å²) >= 11 is 0. The maximum Gasteiger partial charge on any atom is 0.274 e. The minimum atomic E-state index is -0.345. The van der Waals surface area contributed by atoms with E-state index >= 15 is 0 Å². The zero-order chi connectivity index (χ0) is 20.0. The van der Waals surface area contributed by atoms with Crippen molar-refractivity contribution in [1.29, 1.82) is 0 Å². The molecule has 3 N–H and O–H groups in total. The van der Waals surface area contributed by atoms with Gasteiger partial charge in [-0.3, -0.25) is 19.7 Å². The molecule has 0 fully saturated rings. The number of carbonyl (C=O) groups excluding carboxylic acids is 1. The van der Waals surface area contributed by atoms with Crippen LogP contribution in [0.3, 0.4) is 0 Å². The fourth-order valence-corrected chi connectivity index (χ4v) is 3.21. The van der Waals surface area contributed by atoms with Crippen LogP contribution in [0.4, 0.5) is 5.82 Å². The molecule has 10 nitrogen and oxygen atoms in total. The lowest BCUT2D eigenvalue weighted by Crippen LogP contribution is -2.15. The Kier molecular flexibility index (Phi) is 3.69. The van der Waals surface area contributed by atoms with Crippen LogP contribution in [0.1, 0.15) is 6.92 Å². The summed E-state index contributed by atoms with van der Waals surface area (Å²) in [5.41, 5.74) is 4.01. The average molecular weight is 386 g/mol. The molecule has 0 aliphatic carbocycles. The predicted octanol–water partition coefficient (Wildman–Crippen LogP) is 1.98. The Labute approximate surface area is 162 Å². The summed E-state index contributed by atoms with van der Waals surface area (Å²) in [6.07, 6.45) is 1.64. The highest BCUT2D eigenvalue weighted by Crippen LogP contribution is 2.30. The average Bonchev–Trinajstić information content (AvgIpc) is 3.32. The number of carbonyl (C=O) groups is 1. The van der Waals surface area contributed by atoms with Crippen LogP contribution in [-0.2, 0) is 4.79 Å². The van der Waals surface area contributed by atoms with Gasteiger partial charge in [-0.05, 0) is 24.3 Å². The van der Waals surface area contributed by atoms with Crippen LogP contribution < -0.4 is 10.9 Å². The number of amides is 1. The quantitative estimate of drug-likeness (QED) is 0.434. The molecular formula is C19H14N8O2. The second-order valence-electron chi connectivity index (χ2n) is 6.45. The number of benzene rings is 1. The standard InChI is InChI=1S/C19H14N8O2/c1-10(28)21-18-17(13-4-2-3-7-20-13)19-22-14(9-16(29)27(19)25-18)11-5-6-12-15(8-11)24-26-23-12/h2-9,22H,1H3,(H,21,25,28)(H,23,24,26). The van der Waals surface area contributed by atoms with Crippen molar-refractivity contribution in [3.05, 3.63) is 59.0 Å². The maximum absolute atomic E-state index is 12.8. The minimum absolute atomic E-state index is 0.258. The number of nitrogens with zero attached hydrogens (tertiary/aromatic N) is 5. The van der Waals surface area contributed by atoms with E-state index in [0.717, 1.165) is 11.1 Å². The predicted molar refractivity (Wildman–Crippen MR) is 106 cm³/mol. The molecule has 29 heavy (non-hydrogen) atoms. The van der Waals surface area contributed by atoms with E-state index < -0.39 is 0 Å². The highest BCUT2D eigenvalue weighted by molar-refractivity contribution is 5.96. The van der Waals surface area contributed by atoms with E-state index in [4.69, 9.17) is 0 Å². The maximum atomic E-state index is 12.8. The molecule has 0 radical (unpaired) electrons. The van der Waals surface area contributed by atoms with Gasteiger partial charge in [-0.1, -0.05) is 17.3 Å². The van der Waals surface area contributed by atoms with Gasteiger partial charge in [0.05, 0.1) is 22.5 Å². The van der Waals surface area contributed by atoms with E-state index in [1.54, 1.807) is 18.3 Å². The number of H-pyrrole nitrogens is 2. The number of fused-ring (bicyclic) bond motifs is 2. The van der Waals surface area contributed by atoms with Gasteiger partial charge in [0.1, 0.15) is 11.2 Å². The number of hydrogen-bond donors (Lipinski definition) is 3. The molecule has 1 aromatic carbocycles. The first-order valence-electron chi connectivity index (χ1n) is 8.76. The third kappa shape index (κ3) is 2.83. The number of aromatic amines is 2. The van der Waals surface area contributed by atoms with Crippen LogP contribution in [0, 0.1) is 0 Å². The highest BCUT2D eigenvalue weighted by atomic mass is 16.1. The number of nitrogens with one attached hydrogen (secondary N) is 3. The Morgan fingerprint density at radius 3 is 2.86 bits per heavy atom. The van der Waals surface area contributed by atoms with Gasteiger partial charge >= 0.3 is 0 Å². The van der Waals surface area contributed by atoms with Crippen molar-refractivity contribution in [2.24, 2.45) is 0 Å². The zero-order valence-electron chi connectivity index (χ0n) is 15.2. The van der Waals surface area contributed by atoms with Crippen molar-refractivity contribution < 1.29 is 4.79 Å². The third-order valence-corrected chi connectivity index (χ3v) is 4.47. The smallest absolute Gasteiger partial charge is 0.274 e. The summed E-state index contributed by atoms with van der Waals surface area (Å²) in [5.74, 6) is -0.0385. The van der Waals surface area contributed by atoms with Crippen LogP contribution in [-0.4, -0.2) is 40.9 Å². The fourth-order valence-electron chi connectivity index (χ4n) is 3.21. The van der Waals surface area contributed by atoms with Crippen molar-refractivity contribution in [2.45, 2.75) is 6.92 Å². The van der Waals surface area contributed by atoms with Crippen LogP contribution in [0.15, 0.2) is 53.5 Å². The van der Waals surface area contributed by atoms with E-state index in [1.807, 2.05) is 24.3 Å². The SMILES string of the molecule is CC(=O)Nc1nn2c(=O)cc(-c3ccc4[nH]nnc4c3)[nH]c2c1-c1ccccn1. The Balaban J connectivity index is 1.78. The molecule has 0 bridgehead atoms. The number of rotatable bonds is 3. The first-order valence-corrected chi connectivity index (χ1v) is 8.76. The molecule has 0 spiro atoms. The summed E-state index contributed by atoms with van der Waals surface area (Å²) in [4.78, 5) is 32.1. The fraction of sp³-hybridized carbons (Fsp3) is 0.0526. The number of anilines is 1. The summed E-state index contributed by atoms with van der Waals surface area (Å²) in [7, 11) is 0. The van der Waals surface area contributed by atoms with Crippen molar-refractivity contribution in [3.63, 3.8) is 0 Å². The van der Waals surface area contributed by atoms with Crippen LogP contribution in [0.2, 0.25) is 0 Å². The molecule has 0 unspecified atom stereocenters. The van der Waals surface area contributed by atoms with Crippen molar-refractivity contribution >= 4 is 28.4 Å². The second kappa shape index (κ2) is 6.37. The summed E-state index contributed by atoms with van der Waals surface area (Å²) in [5, 5.41) is 17.5. The normalized spacial score (nSPS) is 11.2. The Morgan fingerprint density at radius 2 is 2.07 bits per heavy atom. The molecule has 4 heterocycles. The van der Waals surface area contributed by atoms with E-state index in [-0.39, 0.29) is 17.3 Å². The first-order chi connectivity index (χ1) is 14.1. The van der Waals surface area contributed by atoms with Crippen LogP contribution in [0.25, 0.3) is 39.2 Å². The van der Waals surface area contributed by atoms with Gasteiger partial charge in [-0.2, -0.15) is 4.52 Å². The second-order valence-corrected chi connectivity index (χ2v) is 6.45. The van der Waals surface area contributed by atoms with Crippen LogP contribution >= 0.6 is 0 Å². The van der Waals surface area contributed by atoms with E-state index in [9.17, 15) is 9.59 Å². The topological polar surface area (TPSA) is 134 Å². The van der Waals surface area contributed by atoms with Crippen molar-refractivity contribution in [2.75, 3.05) is 5.32 Å². The molecular weight excluding hydrogens is 372 g/mol. The van der Waals surface area contributed by atoms with Crippen molar-refractivity contribution in [3.8, 4) is 22.5 Å². The van der Waals surface area contributed by atoms with Gasteiger partial charge in [0.15, 0.2) is 5.82 Å². The molecule has 0 saturated heterocycles. The van der Waals surface area contributed by atoms with Crippen LogP contribution in [0.5, 0.6) is 0 Å². The zero-order valence-corrected chi connectivity index (χ0v) is 15.2. The van der Waals surface area contributed by atoms with Gasteiger partial charge in [-0.15, -0.1) is 10.2 Å². The Bertz CT molecular complexity index is 1430.